The number of carbonyl (C=O) groups excluding carboxylic acids is 2. The van der Waals surface area contributed by atoms with Gasteiger partial charge in [0.25, 0.3) is 5.91 Å². The van der Waals surface area contributed by atoms with Crippen molar-refractivity contribution in [2.75, 3.05) is 13.7 Å². The smallest absolute Gasteiger partial charge is 0.416 e. The minimum atomic E-state index is -4.49. The average Bonchev–Trinajstić information content (AvgIpc) is 3.33. The van der Waals surface area contributed by atoms with E-state index in [-0.39, 0.29) is 18.1 Å². The first-order valence-corrected chi connectivity index (χ1v) is 12.9. The number of imidazole rings is 1. The van der Waals surface area contributed by atoms with Crippen LogP contribution in [0.25, 0.3) is 22.4 Å². The third-order valence-electron chi connectivity index (χ3n) is 6.56. The second-order valence-corrected chi connectivity index (χ2v) is 9.49. The van der Waals surface area contributed by atoms with E-state index in [0.717, 1.165) is 12.1 Å². The fourth-order valence-electron chi connectivity index (χ4n) is 4.55. The number of aliphatic imine (C=N–C) groups is 1. The van der Waals surface area contributed by atoms with Gasteiger partial charge in [0.2, 0.25) is 5.91 Å². The lowest BCUT2D eigenvalue weighted by atomic mass is 10.1. The number of rotatable bonds is 11. The molecule has 0 fully saturated rings. The Bertz CT molecular complexity index is 1630. The molecule has 4 rings (SSSR count). The fraction of sp³-hybridized carbons (Fsp3) is 0.241. The summed E-state index contributed by atoms with van der Waals surface area (Å²) in [7, 11) is 1.53. The summed E-state index contributed by atoms with van der Waals surface area (Å²) >= 11 is 0. The van der Waals surface area contributed by atoms with Gasteiger partial charge >= 0.3 is 6.18 Å². The summed E-state index contributed by atoms with van der Waals surface area (Å²) in [6, 6.07) is 15.8. The quantitative estimate of drug-likeness (QED) is 0.120. The number of ether oxygens (including phenoxy) is 1. The maximum absolute atomic E-state index is 13.1. The largest absolute Gasteiger partial charge is 0.497 e. The van der Waals surface area contributed by atoms with E-state index in [1.165, 1.54) is 19.2 Å². The molecule has 2 amide bonds. The number of carbonyl (C=O) groups is 2. The van der Waals surface area contributed by atoms with Gasteiger partial charge in [-0.15, -0.1) is 0 Å². The first-order chi connectivity index (χ1) is 20.0. The predicted octanol–water partition coefficient (Wildman–Crippen LogP) is 3.74. The maximum atomic E-state index is 13.1. The first-order valence-electron chi connectivity index (χ1n) is 12.9. The predicted molar refractivity (Wildman–Crippen MR) is 152 cm³/mol. The van der Waals surface area contributed by atoms with Gasteiger partial charge in [0.1, 0.15) is 17.6 Å². The monoisotopic (exact) mass is 581 g/mol. The third kappa shape index (κ3) is 6.97. The van der Waals surface area contributed by atoms with Gasteiger partial charge in [0, 0.05) is 24.2 Å². The Morgan fingerprint density at radius 2 is 1.81 bits per heavy atom. The van der Waals surface area contributed by atoms with Crippen molar-refractivity contribution in [1.29, 1.82) is 0 Å². The summed E-state index contributed by atoms with van der Waals surface area (Å²) in [4.78, 5) is 34.4. The Kier molecular flexibility index (Phi) is 8.99. The third-order valence-corrected chi connectivity index (χ3v) is 6.56. The van der Waals surface area contributed by atoms with Crippen molar-refractivity contribution in [2.24, 2.45) is 22.2 Å². The van der Waals surface area contributed by atoms with Crippen molar-refractivity contribution in [3.05, 3.63) is 83.4 Å². The Labute approximate surface area is 239 Å². The zero-order chi connectivity index (χ0) is 30.4. The van der Waals surface area contributed by atoms with Crippen LogP contribution in [0.3, 0.4) is 0 Å². The van der Waals surface area contributed by atoms with E-state index in [4.69, 9.17) is 26.9 Å². The number of guanidine groups is 1. The van der Waals surface area contributed by atoms with Gasteiger partial charge in [-0.05, 0) is 60.9 Å². The van der Waals surface area contributed by atoms with Gasteiger partial charge in [-0.3, -0.25) is 14.6 Å². The number of hydrogen-bond acceptors (Lipinski definition) is 5. The molecule has 0 aliphatic carbocycles. The fourth-order valence-corrected chi connectivity index (χ4v) is 4.55. The number of amides is 2. The molecule has 0 radical (unpaired) electrons. The van der Waals surface area contributed by atoms with Gasteiger partial charge in [0.05, 0.1) is 23.7 Å². The van der Waals surface area contributed by atoms with Gasteiger partial charge in [0.15, 0.2) is 5.96 Å². The molecule has 1 unspecified atom stereocenters. The Morgan fingerprint density at radius 1 is 1.05 bits per heavy atom. The number of nitrogens with two attached hydrogens (primary N) is 3. The molecule has 3 aromatic carbocycles. The number of nitrogens with zero attached hydrogens (tertiary/aromatic N) is 3. The van der Waals surface area contributed by atoms with Gasteiger partial charge < -0.3 is 31.8 Å². The number of alkyl halides is 3. The molecule has 0 bridgehead atoms. The van der Waals surface area contributed by atoms with Crippen LogP contribution < -0.4 is 27.3 Å². The van der Waals surface area contributed by atoms with Crippen LogP contribution in [0, 0.1) is 0 Å². The first kappa shape index (κ1) is 29.9. The Balaban J connectivity index is 1.69. The van der Waals surface area contributed by atoms with Crippen molar-refractivity contribution in [3.63, 3.8) is 0 Å². The number of nitrogens with one attached hydrogen (secondary N) is 1. The van der Waals surface area contributed by atoms with Crippen LogP contribution in [0.2, 0.25) is 0 Å². The summed E-state index contributed by atoms with van der Waals surface area (Å²) in [5.41, 5.74) is 18.0. The summed E-state index contributed by atoms with van der Waals surface area (Å²) in [5, 5.41) is 2.65. The van der Waals surface area contributed by atoms with Crippen molar-refractivity contribution in [2.45, 2.75) is 31.6 Å². The molecule has 42 heavy (non-hydrogen) atoms. The standard InChI is InChI=1S/C29H30F3N7O3/c1-42-21-8-3-6-18(14-21)26-38-22-15-19(27(41)37-16-17-5-2-7-20(13-17)29(30,31)32)10-11-23(22)39(26)24(25(33)40)9-4-12-36-28(34)35/h2-3,5-8,10-11,13-15,24H,4,9,12,16H2,1H3,(H2,33,40)(H,37,41)(H4,34,35,36). The van der Waals surface area contributed by atoms with E-state index in [1.54, 1.807) is 47.0 Å². The molecule has 13 heteroatoms. The summed E-state index contributed by atoms with van der Waals surface area (Å²) in [5.74, 6) is -0.156. The molecular formula is C29H30F3N7O3. The lowest BCUT2D eigenvalue weighted by Gasteiger charge is -2.19. The zero-order valence-corrected chi connectivity index (χ0v) is 22.7. The SMILES string of the molecule is COc1cccc(-c2nc3cc(C(=O)NCc4cccc(C(F)(F)F)c4)ccc3n2C(CCCN=C(N)N)C(N)=O)c1. The molecule has 0 saturated carbocycles. The van der Waals surface area contributed by atoms with E-state index in [0.29, 0.717) is 53.1 Å². The molecule has 1 atom stereocenters. The van der Waals surface area contributed by atoms with Crippen LogP contribution in [-0.2, 0) is 17.5 Å². The lowest BCUT2D eigenvalue weighted by molar-refractivity contribution is -0.137. The molecule has 1 aromatic heterocycles. The van der Waals surface area contributed by atoms with Crippen LogP contribution in [0.4, 0.5) is 13.2 Å². The van der Waals surface area contributed by atoms with E-state index in [2.05, 4.69) is 10.3 Å². The number of hydrogen-bond donors (Lipinski definition) is 4. The topological polar surface area (TPSA) is 164 Å². The van der Waals surface area contributed by atoms with Crippen molar-refractivity contribution in [3.8, 4) is 17.1 Å². The number of aromatic nitrogens is 2. The van der Waals surface area contributed by atoms with Gasteiger partial charge in [-0.25, -0.2) is 4.98 Å². The molecular weight excluding hydrogens is 551 g/mol. The van der Waals surface area contributed by atoms with Crippen LogP contribution in [-0.4, -0.2) is 41.0 Å². The number of primary amides is 1. The van der Waals surface area contributed by atoms with Gasteiger partial charge in [-0.1, -0.05) is 24.3 Å². The minimum Gasteiger partial charge on any atom is -0.497 e. The highest BCUT2D eigenvalue weighted by Gasteiger charge is 2.30. The minimum absolute atomic E-state index is 0.0605. The molecule has 0 saturated heterocycles. The molecule has 4 aromatic rings. The average molecular weight is 582 g/mol. The molecule has 220 valence electrons. The van der Waals surface area contributed by atoms with Crippen molar-refractivity contribution in [1.82, 2.24) is 14.9 Å². The van der Waals surface area contributed by atoms with E-state index in [9.17, 15) is 22.8 Å². The van der Waals surface area contributed by atoms with E-state index < -0.39 is 29.6 Å². The number of benzene rings is 3. The van der Waals surface area contributed by atoms with Crippen molar-refractivity contribution >= 4 is 28.8 Å². The van der Waals surface area contributed by atoms with E-state index in [1.807, 2.05) is 0 Å². The normalized spacial score (nSPS) is 12.1. The Hall–Kier alpha value is -5.07. The van der Waals surface area contributed by atoms with Crippen molar-refractivity contribution < 1.29 is 27.5 Å². The molecule has 0 aliphatic rings. The van der Waals surface area contributed by atoms with Crippen LogP contribution in [0.5, 0.6) is 5.75 Å². The Morgan fingerprint density at radius 3 is 2.50 bits per heavy atom. The highest BCUT2D eigenvalue weighted by atomic mass is 19.4. The number of fused-ring (bicyclic) bond motifs is 1. The maximum Gasteiger partial charge on any atom is 0.416 e. The molecule has 7 N–H and O–H groups in total. The van der Waals surface area contributed by atoms with Crippen LogP contribution in [0.15, 0.2) is 71.7 Å². The number of methoxy groups -OCH3 is 1. The van der Waals surface area contributed by atoms with E-state index >= 15 is 0 Å². The molecule has 10 nitrogen and oxygen atoms in total. The second kappa shape index (κ2) is 12.6. The summed E-state index contributed by atoms with van der Waals surface area (Å²) in [6.45, 7) is 0.188. The summed E-state index contributed by atoms with van der Waals surface area (Å²) < 4.78 is 46.2. The highest BCUT2D eigenvalue weighted by molar-refractivity contribution is 5.98. The lowest BCUT2D eigenvalue weighted by Crippen LogP contribution is -2.27. The molecule has 0 spiro atoms. The summed E-state index contributed by atoms with van der Waals surface area (Å²) in [6.07, 6.45) is -3.72. The van der Waals surface area contributed by atoms with Crippen LogP contribution >= 0.6 is 0 Å². The second-order valence-electron chi connectivity index (χ2n) is 9.49. The molecule has 1 heterocycles. The van der Waals surface area contributed by atoms with Crippen LogP contribution in [0.1, 0.15) is 40.4 Å². The zero-order valence-electron chi connectivity index (χ0n) is 22.7. The van der Waals surface area contributed by atoms with Gasteiger partial charge in [-0.2, -0.15) is 13.2 Å². The molecule has 0 aliphatic heterocycles. The highest BCUT2D eigenvalue weighted by Crippen LogP contribution is 2.33. The number of halogens is 3.